The fourth-order valence-corrected chi connectivity index (χ4v) is 1.76. The van der Waals surface area contributed by atoms with Crippen molar-refractivity contribution in [2.75, 3.05) is 39.9 Å². The van der Waals surface area contributed by atoms with Gasteiger partial charge in [0.2, 0.25) is 11.8 Å². The number of nitrogens with zero attached hydrogens (tertiary/aromatic N) is 1. The highest BCUT2D eigenvalue weighted by atomic mass is 16.5. The first-order valence-corrected chi connectivity index (χ1v) is 6.00. The predicted molar refractivity (Wildman–Crippen MR) is 63.5 cm³/mol. The molecule has 0 spiro atoms. The molecule has 17 heavy (non-hydrogen) atoms. The van der Waals surface area contributed by atoms with Gasteiger partial charge in [-0.1, -0.05) is 6.92 Å². The molecule has 0 aromatic rings. The van der Waals surface area contributed by atoms with E-state index in [1.54, 1.807) is 11.9 Å². The van der Waals surface area contributed by atoms with Crippen LogP contribution < -0.4 is 10.6 Å². The van der Waals surface area contributed by atoms with Gasteiger partial charge in [0.05, 0.1) is 19.8 Å². The molecule has 98 valence electrons. The molecule has 1 rings (SSSR count). The first-order chi connectivity index (χ1) is 8.20. The average molecular weight is 243 g/mol. The summed E-state index contributed by atoms with van der Waals surface area (Å²) < 4.78 is 5.24. The molecule has 0 saturated carbocycles. The molecule has 1 unspecified atom stereocenters. The Labute approximate surface area is 102 Å². The van der Waals surface area contributed by atoms with E-state index < -0.39 is 6.04 Å². The van der Waals surface area contributed by atoms with Crippen LogP contribution in [0.5, 0.6) is 0 Å². The lowest BCUT2D eigenvalue weighted by molar-refractivity contribution is -0.147. The average Bonchev–Trinajstić information content (AvgIpc) is 2.38. The maximum atomic E-state index is 11.9. The summed E-state index contributed by atoms with van der Waals surface area (Å²) in [7, 11) is 1.56. The van der Waals surface area contributed by atoms with E-state index >= 15 is 0 Å². The van der Waals surface area contributed by atoms with Gasteiger partial charge in [-0.3, -0.25) is 9.59 Å². The number of amides is 2. The number of rotatable bonds is 5. The topological polar surface area (TPSA) is 70.7 Å². The molecular formula is C11H21N3O3. The van der Waals surface area contributed by atoms with Crippen molar-refractivity contribution in [3.8, 4) is 0 Å². The molecule has 1 atom stereocenters. The van der Waals surface area contributed by atoms with Crippen LogP contribution in [0.1, 0.15) is 13.3 Å². The number of carbonyl (C=O) groups is 2. The Balaban J connectivity index is 2.52. The first-order valence-electron chi connectivity index (χ1n) is 6.00. The van der Waals surface area contributed by atoms with E-state index in [9.17, 15) is 9.59 Å². The van der Waals surface area contributed by atoms with Crippen LogP contribution in [0.4, 0.5) is 0 Å². The molecule has 1 saturated heterocycles. The SMILES string of the molecule is CCCNCC(=O)N1CCOCC1C(=O)NC. The highest BCUT2D eigenvalue weighted by Crippen LogP contribution is 2.07. The van der Waals surface area contributed by atoms with Gasteiger partial charge in [0, 0.05) is 13.6 Å². The van der Waals surface area contributed by atoms with E-state index in [0.29, 0.717) is 13.2 Å². The van der Waals surface area contributed by atoms with E-state index in [1.165, 1.54) is 0 Å². The summed E-state index contributed by atoms with van der Waals surface area (Å²) >= 11 is 0. The Kier molecular flexibility index (Phi) is 5.93. The second-order valence-corrected chi connectivity index (χ2v) is 3.97. The number of hydrogen-bond acceptors (Lipinski definition) is 4. The zero-order valence-corrected chi connectivity index (χ0v) is 10.5. The van der Waals surface area contributed by atoms with Crippen LogP contribution in [0, 0.1) is 0 Å². The summed E-state index contributed by atoms with van der Waals surface area (Å²) in [4.78, 5) is 25.1. The Hall–Kier alpha value is -1.14. The summed E-state index contributed by atoms with van der Waals surface area (Å²) in [6.45, 7) is 4.37. The maximum Gasteiger partial charge on any atom is 0.244 e. The van der Waals surface area contributed by atoms with Crippen LogP contribution >= 0.6 is 0 Å². The minimum absolute atomic E-state index is 0.0460. The third kappa shape index (κ3) is 3.98. The van der Waals surface area contributed by atoms with Crippen molar-refractivity contribution in [2.45, 2.75) is 19.4 Å². The summed E-state index contributed by atoms with van der Waals surface area (Å²) in [5.74, 6) is -0.219. The molecule has 6 nitrogen and oxygen atoms in total. The fourth-order valence-electron chi connectivity index (χ4n) is 1.76. The predicted octanol–water partition coefficient (Wildman–Crippen LogP) is -1.04. The summed E-state index contributed by atoms with van der Waals surface area (Å²) in [6.07, 6.45) is 0.981. The van der Waals surface area contributed by atoms with Crippen LogP contribution in [0.25, 0.3) is 0 Å². The smallest absolute Gasteiger partial charge is 0.244 e. The minimum Gasteiger partial charge on any atom is -0.377 e. The molecule has 0 aliphatic carbocycles. The molecule has 2 amide bonds. The Morgan fingerprint density at radius 1 is 1.47 bits per heavy atom. The normalized spacial score (nSPS) is 20.1. The standard InChI is InChI=1S/C11H21N3O3/c1-3-4-13-7-10(15)14-5-6-17-8-9(14)11(16)12-2/h9,13H,3-8H2,1-2H3,(H,12,16). The van der Waals surface area contributed by atoms with Crippen molar-refractivity contribution in [1.82, 2.24) is 15.5 Å². The van der Waals surface area contributed by atoms with Crippen LogP contribution in [-0.2, 0) is 14.3 Å². The van der Waals surface area contributed by atoms with Crippen LogP contribution in [0.3, 0.4) is 0 Å². The highest BCUT2D eigenvalue weighted by Gasteiger charge is 2.31. The zero-order chi connectivity index (χ0) is 12.7. The van der Waals surface area contributed by atoms with Crippen molar-refractivity contribution in [2.24, 2.45) is 0 Å². The molecule has 1 aliphatic heterocycles. The van der Waals surface area contributed by atoms with Crippen LogP contribution in [0.15, 0.2) is 0 Å². The Morgan fingerprint density at radius 3 is 2.88 bits per heavy atom. The molecule has 0 aromatic carbocycles. The van der Waals surface area contributed by atoms with E-state index in [2.05, 4.69) is 10.6 Å². The van der Waals surface area contributed by atoms with E-state index in [-0.39, 0.29) is 25.0 Å². The van der Waals surface area contributed by atoms with Gasteiger partial charge in [0.25, 0.3) is 0 Å². The van der Waals surface area contributed by atoms with Crippen molar-refractivity contribution < 1.29 is 14.3 Å². The summed E-state index contributed by atoms with van der Waals surface area (Å²) in [5, 5.41) is 5.60. The maximum absolute atomic E-state index is 11.9. The quantitative estimate of drug-likeness (QED) is 0.605. The number of ether oxygens (including phenoxy) is 1. The van der Waals surface area contributed by atoms with E-state index in [0.717, 1.165) is 13.0 Å². The van der Waals surface area contributed by atoms with Crippen molar-refractivity contribution in [3.63, 3.8) is 0 Å². The second kappa shape index (κ2) is 7.24. The molecular weight excluding hydrogens is 222 g/mol. The molecule has 0 aromatic heterocycles. The van der Waals surface area contributed by atoms with Gasteiger partial charge < -0.3 is 20.3 Å². The van der Waals surface area contributed by atoms with Gasteiger partial charge in [0.1, 0.15) is 6.04 Å². The number of morpholine rings is 1. The molecule has 1 heterocycles. The minimum atomic E-state index is -0.496. The number of carbonyl (C=O) groups excluding carboxylic acids is 2. The fraction of sp³-hybridized carbons (Fsp3) is 0.818. The number of nitrogens with one attached hydrogen (secondary N) is 2. The molecule has 0 radical (unpaired) electrons. The molecule has 0 bridgehead atoms. The van der Waals surface area contributed by atoms with Gasteiger partial charge in [0.15, 0.2) is 0 Å². The Bertz CT molecular complexity index is 271. The lowest BCUT2D eigenvalue weighted by Gasteiger charge is -2.34. The van der Waals surface area contributed by atoms with Crippen LogP contribution in [0.2, 0.25) is 0 Å². The van der Waals surface area contributed by atoms with Gasteiger partial charge in [-0.25, -0.2) is 0 Å². The molecule has 1 fully saturated rings. The zero-order valence-electron chi connectivity index (χ0n) is 10.5. The van der Waals surface area contributed by atoms with E-state index in [4.69, 9.17) is 4.74 Å². The van der Waals surface area contributed by atoms with Crippen molar-refractivity contribution in [3.05, 3.63) is 0 Å². The van der Waals surface area contributed by atoms with Crippen molar-refractivity contribution in [1.29, 1.82) is 0 Å². The lowest BCUT2D eigenvalue weighted by Crippen LogP contribution is -2.57. The Morgan fingerprint density at radius 2 is 2.24 bits per heavy atom. The molecule has 2 N–H and O–H groups in total. The lowest BCUT2D eigenvalue weighted by atomic mass is 10.2. The molecule has 6 heteroatoms. The molecule has 1 aliphatic rings. The summed E-state index contributed by atoms with van der Waals surface area (Å²) in [6, 6.07) is -0.496. The number of hydrogen-bond donors (Lipinski definition) is 2. The number of likely N-dealkylation sites (N-methyl/N-ethyl adjacent to an activating group) is 1. The third-order valence-electron chi connectivity index (χ3n) is 2.70. The highest BCUT2D eigenvalue weighted by molar-refractivity contribution is 5.88. The van der Waals surface area contributed by atoms with Gasteiger partial charge >= 0.3 is 0 Å². The first kappa shape index (κ1) is 13.9. The summed E-state index contributed by atoms with van der Waals surface area (Å²) in [5.41, 5.74) is 0. The van der Waals surface area contributed by atoms with Gasteiger partial charge in [-0.2, -0.15) is 0 Å². The van der Waals surface area contributed by atoms with Crippen molar-refractivity contribution >= 4 is 11.8 Å². The largest absolute Gasteiger partial charge is 0.377 e. The second-order valence-electron chi connectivity index (χ2n) is 3.97. The monoisotopic (exact) mass is 243 g/mol. The van der Waals surface area contributed by atoms with Crippen LogP contribution in [-0.4, -0.2) is 62.7 Å². The van der Waals surface area contributed by atoms with Gasteiger partial charge in [-0.15, -0.1) is 0 Å². The third-order valence-corrected chi connectivity index (χ3v) is 2.70. The van der Waals surface area contributed by atoms with Gasteiger partial charge in [-0.05, 0) is 13.0 Å². The van der Waals surface area contributed by atoms with E-state index in [1.807, 2.05) is 6.92 Å².